The van der Waals surface area contributed by atoms with Gasteiger partial charge in [-0.1, -0.05) is 42.1 Å². The molecule has 0 fully saturated rings. The number of amides is 1. The van der Waals surface area contributed by atoms with Gasteiger partial charge in [0.05, 0.1) is 23.3 Å². The zero-order valence-electron chi connectivity index (χ0n) is 17.0. The summed E-state index contributed by atoms with van der Waals surface area (Å²) in [5.41, 5.74) is 2.70. The Morgan fingerprint density at radius 1 is 1.03 bits per heavy atom. The van der Waals surface area contributed by atoms with Crippen molar-refractivity contribution < 1.29 is 14.0 Å². The number of carbonyl (C=O) groups is 2. The van der Waals surface area contributed by atoms with Gasteiger partial charge >= 0.3 is 0 Å². The quantitative estimate of drug-likeness (QED) is 0.334. The van der Waals surface area contributed by atoms with Gasteiger partial charge in [0.15, 0.2) is 16.8 Å². The summed E-state index contributed by atoms with van der Waals surface area (Å²) in [6, 6.07) is 18.5. The van der Waals surface area contributed by atoms with Crippen LogP contribution in [0, 0.1) is 6.92 Å². The third-order valence-electron chi connectivity index (χ3n) is 4.66. The van der Waals surface area contributed by atoms with Gasteiger partial charge in [-0.05, 0) is 44.2 Å². The Bertz CT molecular complexity index is 1230. The minimum Gasteiger partial charge on any atom is -0.469 e. The Morgan fingerprint density at radius 2 is 1.77 bits per heavy atom. The fraction of sp³-hybridized carbons (Fsp3) is 0.130. The molecule has 8 heteroatoms. The first-order valence-electron chi connectivity index (χ1n) is 9.62. The predicted molar refractivity (Wildman–Crippen MR) is 120 cm³/mol. The molecule has 0 aliphatic heterocycles. The molecule has 0 saturated carbocycles. The average molecular weight is 433 g/mol. The molecule has 0 radical (unpaired) electrons. The van der Waals surface area contributed by atoms with Crippen molar-refractivity contribution in [2.75, 3.05) is 11.1 Å². The van der Waals surface area contributed by atoms with Crippen LogP contribution in [0.4, 0.5) is 5.69 Å². The molecule has 2 heterocycles. The molecule has 0 spiro atoms. The van der Waals surface area contributed by atoms with E-state index in [9.17, 15) is 9.59 Å². The van der Waals surface area contributed by atoms with Gasteiger partial charge in [-0.25, -0.2) is 0 Å². The molecule has 1 N–H and O–H groups in total. The van der Waals surface area contributed by atoms with Gasteiger partial charge in [0.1, 0.15) is 5.76 Å². The number of nitrogens with one attached hydrogen (secondary N) is 1. The van der Waals surface area contributed by atoms with Crippen molar-refractivity contribution in [2.24, 2.45) is 0 Å². The lowest BCUT2D eigenvalue weighted by Gasteiger charge is -2.11. The number of Topliss-reactive ketones (excluding diaryl/α,β-unsaturated/α-hetero) is 1. The molecule has 0 bridgehead atoms. The SMILES string of the molecule is CC(=O)c1ccccc1NC(=O)CSc1nnc(-c2ccoc2C)n1-c1ccccc1. The van der Waals surface area contributed by atoms with E-state index in [1.54, 1.807) is 30.5 Å². The summed E-state index contributed by atoms with van der Waals surface area (Å²) < 4.78 is 7.34. The third kappa shape index (κ3) is 4.44. The van der Waals surface area contributed by atoms with Crippen LogP contribution in [0.3, 0.4) is 0 Å². The van der Waals surface area contributed by atoms with Crippen LogP contribution in [-0.4, -0.2) is 32.2 Å². The fourth-order valence-corrected chi connectivity index (χ4v) is 3.93. The van der Waals surface area contributed by atoms with Crippen LogP contribution in [0.5, 0.6) is 0 Å². The lowest BCUT2D eigenvalue weighted by molar-refractivity contribution is -0.113. The number of aromatic nitrogens is 3. The lowest BCUT2D eigenvalue weighted by atomic mass is 10.1. The molecule has 31 heavy (non-hydrogen) atoms. The zero-order chi connectivity index (χ0) is 21.8. The number of thioether (sulfide) groups is 1. The summed E-state index contributed by atoms with van der Waals surface area (Å²) in [6.07, 6.45) is 1.61. The molecular formula is C23H20N4O3S. The summed E-state index contributed by atoms with van der Waals surface area (Å²) in [6.45, 7) is 3.34. The van der Waals surface area contributed by atoms with Gasteiger partial charge in [-0.3, -0.25) is 14.2 Å². The van der Waals surface area contributed by atoms with Crippen LogP contribution >= 0.6 is 11.8 Å². The standard InChI is InChI=1S/C23H20N4O3S/c1-15(28)18-10-6-7-11-20(18)24-21(29)14-31-23-26-25-22(19-12-13-30-16(19)2)27(23)17-8-4-3-5-9-17/h3-13H,14H2,1-2H3,(H,24,29). The summed E-state index contributed by atoms with van der Waals surface area (Å²) in [4.78, 5) is 24.4. The van der Waals surface area contributed by atoms with E-state index in [1.165, 1.54) is 18.7 Å². The first-order valence-corrected chi connectivity index (χ1v) is 10.6. The van der Waals surface area contributed by atoms with Crippen molar-refractivity contribution >= 4 is 29.1 Å². The summed E-state index contributed by atoms with van der Waals surface area (Å²) in [5, 5.41) is 12.1. The smallest absolute Gasteiger partial charge is 0.234 e. The van der Waals surface area contributed by atoms with Crippen LogP contribution in [-0.2, 0) is 4.79 Å². The van der Waals surface area contributed by atoms with E-state index in [-0.39, 0.29) is 17.4 Å². The van der Waals surface area contributed by atoms with Crippen molar-refractivity contribution in [1.29, 1.82) is 0 Å². The van der Waals surface area contributed by atoms with E-state index in [0.29, 0.717) is 22.2 Å². The molecule has 0 unspecified atom stereocenters. The molecule has 0 atom stereocenters. The van der Waals surface area contributed by atoms with Crippen LogP contribution in [0.15, 0.2) is 76.5 Å². The van der Waals surface area contributed by atoms with Gasteiger partial charge in [0, 0.05) is 11.3 Å². The van der Waals surface area contributed by atoms with E-state index in [0.717, 1.165) is 17.0 Å². The number of hydrogen-bond acceptors (Lipinski definition) is 6. The minimum atomic E-state index is -0.234. The average Bonchev–Trinajstić information content (AvgIpc) is 3.38. The Labute approximate surface area is 183 Å². The monoisotopic (exact) mass is 432 g/mol. The molecular weight excluding hydrogens is 412 g/mol. The summed E-state index contributed by atoms with van der Waals surface area (Å²) in [7, 11) is 0. The maximum Gasteiger partial charge on any atom is 0.234 e. The molecule has 7 nitrogen and oxygen atoms in total. The zero-order valence-corrected chi connectivity index (χ0v) is 17.8. The Hall–Kier alpha value is -3.65. The number of ketones is 1. The molecule has 2 aromatic carbocycles. The molecule has 0 aliphatic rings. The number of hydrogen-bond donors (Lipinski definition) is 1. The van der Waals surface area contributed by atoms with Gasteiger partial charge in [0.25, 0.3) is 0 Å². The molecule has 2 aromatic heterocycles. The van der Waals surface area contributed by atoms with Gasteiger partial charge in [-0.2, -0.15) is 0 Å². The van der Waals surface area contributed by atoms with Crippen molar-refractivity contribution in [3.8, 4) is 17.1 Å². The van der Waals surface area contributed by atoms with Crippen molar-refractivity contribution in [2.45, 2.75) is 19.0 Å². The highest BCUT2D eigenvalue weighted by molar-refractivity contribution is 7.99. The number of benzene rings is 2. The number of rotatable bonds is 7. The minimum absolute atomic E-state index is 0.104. The number of para-hydroxylation sites is 2. The number of carbonyl (C=O) groups excluding carboxylic acids is 2. The van der Waals surface area contributed by atoms with Gasteiger partial charge < -0.3 is 9.73 Å². The van der Waals surface area contributed by atoms with Crippen LogP contribution in [0.1, 0.15) is 23.0 Å². The fourth-order valence-electron chi connectivity index (χ4n) is 3.18. The first kappa shape index (κ1) is 20.6. The summed E-state index contributed by atoms with van der Waals surface area (Å²) >= 11 is 1.27. The van der Waals surface area contributed by atoms with E-state index in [4.69, 9.17) is 4.42 Å². The first-order chi connectivity index (χ1) is 15.0. The predicted octanol–water partition coefficient (Wildman–Crippen LogP) is 4.77. The number of nitrogens with zero attached hydrogens (tertiary/aromatic N) is 3. The lowest BCUT2D eigenvalue weighted by Crippen LogP contribution is -2.16. The second-order valence-corrected chi connectivity index (χ2v) is 7.75. The summed E-state index contributed by atoms with van der Waals surface area (Å²) in [5.74, 6) is 1.15. The number of furan rings is 1. The normalized spacial score (nSPS) is 10.8. The molecule has 4 aromatic rings. The molecule has 4 rings (SSSR count). The molecule has 0 aliphatic carbocycles. The highest BCUT2D eigenvalue weighted by Gasteiger charge is 2.20. The highest BCUT2D eigenvalue weighted by atomic mass is 32.2. The molecule has 156 valence electrons. The van der Waals surface area contributed by atoms with Crippen molar-refractivity contribution in [3.63, 3.8) is 0 Å². The van der Waals surface area contributed by atoms with E-state index in [2.05, 4.69) is 15.5 Å². The maximum absolute atomic E-state index is 12.6. The van der Waals surface area contributed by atoms with Crippen LogP contribution < -0.4 is 5.32 Å². The van der Waals surface area contributed by atoms with E-state index >= 15 is 0 Å². The van der Waals surface area contributed by atoms with Crippen molar-refractivity contribution in [1.82, 2.24) is 14.8 Å². The topological polar surface area (TPSA) is 90.0 Å². The molecule has 1 amide bonds. The van der Waals surface area contributed by atoms with E-state index < -0.39 is 0 Å². The van der Waals surface area contributed by atoms with Gasteiger partial charge in [-0.15, -0.1) is 10.2 Å². The number of anilines is 1. The van der Waals surface area contributed by atoms with Gasteiger partial charge in [0.2, 0.25) is 5.91 Å². The Kier molecular flexibility index (Phi) is 5.99. The maximum atomic E-state index is 12.6. The third-order valence-corrected chi connectivity index (χ3v) is 5.59. The number of aryl methyl sites for hydroxylation is 1. The Morgan fingerprint density at radius 3 is 2.48 bits per heavy atom. The Balaban J connectivity index is 1.58. The van der Waals surface area contributed by atoms with E-state index in [1.807, 2.05) is 47.9 Å². The van der Waals surface area contributed by atoms with Crippen LogP contribution in [0.2, 0.25) is 0 Å². The second-order valence-electron chi connectivity index (χ2n) is 6.81. The molecule has 0 saturated heterocycles. The van der Waals surface area contributed by atoms with Crippen LogP contribution in [0.25, 0.3) is 17.1 Å². The van der Waals surface area contributed by atoms with Crippen molar-refractivity contribution in [3.05, 3.63) is 78.3 Å². The highest BCUT2D eigenvalue weighted by Crippen LogP contribution is 2.30. The second kappa shape index (κ2) is 9.01. The largest absolute Gasteiger partial charge is 0.469 e.